The molecule has 0 atom stereocenters. The predicted octanol–water partition coefficient (Wildman–Crippen LogP) is 2.64. The van der Waals surface area contributed by atoms with Gasteiger partial charge < -0.3 is 15.2 Å². The quantitative estimate of drug-likeness (QED) is 0.404. The Bertz CT molecular complexity index is 1350. The molecule has 0 saturated heterocycles. The molecular formula is C22H22FN9O2. The Morgan fingerprint density at radius 2 is 2.12 bits per heavy atom. The minimum Gasteiger partial charge on any atom is -0.345 e. The Morgan fingerprint density at radius 1 is 1.26 bits per heavy atom. The van der Waals surface area contributed by atoms with Gasteiger partial charge in [-0.25, -0.2) is 14.4 Å². The summed E-state index contributed by atoms with van der Waals surface area (Å²) < 4.78 is 20.0. The molecule has 12 heteroatoms. The molecule has 0 unspecified atom stereocenters. The largest absolute Gasteiger partial charge is 0.345 e. The van der Waals surface area contributed by atoms with E-state index in [2.05, 4.69) is 40.8 Å². The molecule has 0 bridgehead atoms. The minimum absolute atomic E-state index is 0.0946. The number of carbonyl (C=O) groups is 1. The van der Waals surface area contributed by atoms with Gasteiger partial charge in [-0.15, -0.1) is 0 Å². The highest BCUT2D eigenvalue weighted by Gasteiger charge is 2.50. The van der Waals surface area contributed by atoms with Crippen LogP contribution in [0, 0.1) is 6.92 Å². The number of carbonyl (C=O) groups excluding carboxylic acids is 1. The van der Waals surface area contributed by atoms with Gasteiger partial charge >= 0.3 is 0 Å². The minimum atomic E-state index is -0.694. The number of hydrogen-bond donors (Lipinski definition) is 2. The van der Waals surface area contributed by atoms with Gasteiger partial charge in [0, 0.05) is 25.4 Å². The molecule has 3 aromatic heterocycles. The van der Waals surface area contributed by atoms with Gasteiger partial charge in [0.2, 0.25) is 11.8 Å². The number of alkyl halides is 1. The lowest BCUT2D eigenvalue weighted by atomic mass is 10.0. The summed E-state index contributed by atoms with van der Waals surface area (Å²) in [6.07, 6.45) is 6.24. The maximum Gasteiger partial charge on any atom is 0.292 e. The van der Waals surface area contributed by atoms with Crippen molar-refractivity contribution in [2.24, 2.45) is 7.05 Å². The normalized spacial score (nSPS) is 14.1. The third kappa shape index (κ3) is 4.34. The molecule has 174 valence electrons. The van der Waals surface area contributed by atoms with Crippen LogP contribution in [0.15, 0.2) is 41.4 Å². The molecule has 1 fully saturated rings. The highest BCUT2D eigenvalue weighted by atomic mass is 19.1. The van der Waals surface area contributed by atoms with Crippen LogP contribution in [0.2, 0.25) is 0 Å². The highest BCUT2D eigenvalue weighted by molar-refractivity contribution is 5.90. The van der Waals surface area contributed by atoms with Crippen molar-refractivity contribution in [1.29, 1.82) is 0 Å². The molecule has 1 saturated carbocycles. The summed E-state index contributed by atoms with van der Waals surface area (Å²) in [6, 6.07) is 5.71. The molecule has 4 aromatic rings. The molecule has 0 aliphatic heterocycles. The second-order valence-electron chi connectivity index (χ2n) is 8.32. The van der Waals surface area contributed by atoms with Crippen LogP contribution in [-0.4, -0.2) is 47.5 Å². The topological polar surface area (TPSA) is 137 Å². The van der Waals surface area contributed by atoms with Gasteiger partial charge in [-0.2, -0.15) is 15.1 Å². The maximum atomic E-state index is 13.2. The predicted molar refractivity (Wildman–Crippen MR) is 119 cm³/mol. The number of nitrogens with one attached hydrogen (secondary N) is 2. The number of amides is 1. The lowest BCUT2D eigenvalue weighted by molar-refractivity contribution is 0.0937. The molecule has 1 aliphatic rings. The van der Waals surface area contributed by atoms with E-state index in [-0.39, 0.29) is 18.3 Å². The standard InChI is InChI=1S/C22H22FN9O2/c1-13-7-14(17-25-12-26-21(30-17)28-16-9-27-32(2)10-16)3-4-15(13)8-24-19(33)18-29-20(34-31-18)22(11-23)5-6-22/h3-4,7,9-10,12H,5-6,8,11H2,1-2H3,(H,24,33)(H,25,26,28,30). The van der Waals surface area contributed by atoms with Crippen LogP contribution in [0.3, 0.4) is 0 Å². The van der Waals surface area contributed by atoms with Crippen LogP contribution >= 0.6 is 0 Å². The summed E-state index contributed by atoms with van der Waals surface area (Å²) in [4.78, 5) is 29.4. The molecule has 0 radical (unpaired) electrons. The van der Waals surface area contributed by atoms with Gasteiger partial charge in [0.15, 0.2) is 5.82 Å². The highest BCUT2D eigenvalue weighted by Crippen LogP contribution is 2.47. The summed E-state index contributed by atoms with van der Waals surface area (Å²) in [5.41, 5.74) is 2.75. The number of hydrogen-bond acceptors (Lipinski definition) is 9. The lowest BCUT2D eigenvalue weighted by Crippen LogP contribution is -2.24. The fourth-order valence-corrected chi connectivity index (χ4v) is 3.49. The summed E-state index contributed by atoms with van der Waals surface area (Å²) in [6.45, 7) is 1.64. The van der Waals surface area contributed by atoms with E-state index in [0.717, 1.165) is 22.4 Å². The SMILES string of the molecule is Cc1cc(-c2ncnc(Nc3cnn(C)c3)n2)ccc1CNC(=O)c1noc(C2(CF)CC2)n1. The first-order valence-corrected chi connectivity index (χ1v) is 10.7. The van der Waals surface area contributed by atoms with Crippen molar-refractivity contribution in [1.82, 2.24) is 40.2 Å². The molecule has 2 N–H and O–H groups in total. The first-order valence-electron chi connectivity index (χ1n) is 10.7. The zero-order valence-electron chi connectivity index (χ0n) is 18.6. The van der Waals surface area contributed by atoms with Gasteiger partial charge in [-0.3, -0.25) is 9.48 Å². The van der Waals surface area contributed by atoms with Crippen molar-refractivity contribution in [2.45, 2.75) is 31.7 Å². The van der Waals surface area contributed by atoms with Gasteiger partial charge in [0.05, 0.1) is 17.3 Å². The number of aromatic nitrogens is 7. The van der Waals surface area contributed by atoms with E-state index < -0.39 is 18.0 Å². The van der Waals surface area contributed by atoms with E-state index in [1.165, 1.54) is 6.33 Å². The Labute approximate surface area is 193 Å². The summed E-state index contributed by atoms with van der Waals surface area (Å²) >= 11 is 0. The third-order valence-electron chi connectivity index (χ3n) is 5.77. The Kier molecular flexibility index (Phi) is 5.48. The second-order valence-corrected chi connectivity index (χ2v) is 8.32. The number of anilines is 2. The Balaban J connectivity index is 1.24. The molecule has 1 aromatic carbocycles. The first kappa shape index (κ1) is 21.6. The van der Waals surface area contributed by atoms with Crippen molar-refractivity contribution < 1.29 is 13.7 Å². The zero-order valence-corrected chi connectivity index (χ0v) is 18.6. The van der Waals surface area contributed by atoms with Crippen molar-refractivity contribution >= 4 is 17.5 Å². The summed E-state index contributed by atoms with van der Waals surface area (Å²) in [7, 11) is 1.83. The first-order chi connectivity index (χ1) is 16.5. The van der Waals surface area contributed by atoms with E-state index in [9.17, 15) is 9.18 Å². The number of aryl methyl sites for hydroxylation is 2. The van der Waals surface area contributed by atoms with Crippen molar-refractivity contribution in [3.8, 4) is 11.4 Å². The maximum absolute atomic E-state index is 13.2. The summed E-state index contributed by atoms with van der Waals surface area (Å²) in [5, 5.41) is 13.7. The Morgan fingerprint density at radius 3 is 2.82 bits per heavy atom. The van der Waals surface area contributed by atoms with Crippen LogP contribution < -0.4 is 10.6 Å². The van der Waals surface area contributed by atoms with Gasteiger partial charge in [0.1, 0.15) is 13.0 Å². The average molecular weight is 463 g/mol. The summed E-state index contributed by atoms with van der Waals surface area (Å²) in [5.74, 6) is 0.545. The molecule has 1 amide bonds. The van der Waals surface area contributed by atoms with Crippen molar-refractivity contribution in [2.75, 3.05) is 12.0 Å². The van der Waals surface area contributed by atoms with E-state index >= 15 is 0 Å². The second kappa shape index (κ2) is 8.61. The van der Waals surface area contributed by atoms with Crippen LogP contribution in [0.1, 0.15) is 40.5 Å². The van der Waals surface area contributed by atoms with E-state index in [1.54, 1.807) is 10.9 Å². The van der Waals surface area contributed by atoms with Crippen LogP contribution in [0.5, 0.6) is 0 Å². The molecular weight excluding hydrogens is 441 g/mol. The number of rotatable bonds is 8. The fourth-order valence-electron chi connectivity index (χ4n) is 3.49. The zero-order chi connectivity index (χ0) is 23.7. The lowest BCUT2D eigenvalue weighted by Gasteiger charge is -2.09. The van der Waals surface area contributed by atoms with Crippen LogP contribution in [-0.2, 0) is 19.0 Å². The van der Waals surface area contributed by atoms with Crippen molar-refractivity contribution in [3.05, 3.63) is 59.8 Å². The van der Waals surface area contributed by atoms with E-state index in [4.69, 9.17) is 4.52 Å². The number of halogens is 1. The van der Waals surface area contributed by atoms with Crippen molar-refractivity contribution in [3.63, 3.8) is 0 Å². The molecule has 5 rings (SSSR count). The molecule has 0 spiro atoms. The van der Waals surface area contributed by atoms with E-state index in [1.807, 2.05) is 38.4 Å². The molecule has 3 heterocycles. The van der Waals surface area contributed by atoms with Gasteiger partial charge in [-0.05, 0) is 37.0 Å². The smallest absolute Gasteiger partial charge is 0.292 e. The molecule has 34 heavy (non-hydrogen) atoms. The third-order valence-corrected chi connectivity index (χ3v) is 5.77. The number of benzene rings is 1. The fraction of sp³-hybridized carbons (Fsp3) is 0.318. The van der Waals surface area contributed by atoms with Crippen LogP contribution in [0.25, 0.3) is 11.4 Å². The molecule has 11 nitrogen and oxygen atoms in total. The average Bonchev–Trinajstić information content (AvgIpc) is 3.27. The van der Waals surface area contributed by atoms with E-state index in [0.29, 0.717) is 24.6 Å². The monoisotopic (exact) mass is 463 g/mol. The van der Waals surface area contributed by atoms with Crippen LogP contribution in [0.4, 0.5) is 16.0 Å². The Hall–Kier alpha value is -4.22. The van der Waals surface area contributed by atoms with Gasteiger partial charge in [-0.1, -0.05) is 17.3 Å². The van der Waals surface area contributed by atoms with Gasteiger partial charge in [0.25, 0.3) is 11.7 Å². The number of nitrogens with zero attached hydrogens (tertiary/aromatic N) is 7. The molecule has 1 aliphatic carbocycles.